The summed E-state index contributed by atoms with van der Waals surface area (Å²) in [4.78, 5) is 6.77. The second kappa shape index (κ2) is 10.3. The van der Waals surface area contributed by atoms with E-state index in [0.29, 0.717) is 24.6 Å². The molecule has 1 aromatic rings. The molecular weight excluding hydrogens is 489 g/mol. The van der Waals surface area contributed by atoms with Crippen molar-refractivity contribution in [2.45, 2.75) is 26.0 Å². The molecule has 1 heterocycles. The number of nitrogens with zero attached hydrogens (tertiary/aromatic N) is 2. The summed E-state index contributed by atoms with van der Waals surface area (Å²) in [7, 11) is 3.23. The zero-order chi connectivity index (χ0) is 16.8. The first-order valence-electron chi connectivity index (χ1n) is 7.70. The van der Waals surface area contributed by atoms with Crippen molar-refractivity contribution < 1.29 is 14.6 Å². The third-order valence-corrected chi connectivity index (χ3v) is 4.49. The van der Waals surface area contributed by atoms with Crippen molar-refractivity contribution in [3.8, 4) is 11.5 Å². The molecule has 1 aliphatic rings. The lowest BCUT2D eigenvalue weighted by Crippen LogP contribution is -2.40. The predicted octanol–water partition coefficient (Wildman–Crippen LogP) is 2.62. The Hall–Kier alpha value is -0.740. The Morgan fingerprint density at radius 2 is 2.04 bits per heavy atom. The lowest BCUT2D eigenvalue weighted by atomic mass is 10.2. The van der Waals surface area contributed by atoms with Crippen molar-refractivity contribution in [2.75, 3.05) is 33.9 Å². The van der Waals surface area contributed by atoms with Gasteiger partial charge in [0.15, 0.2) is 17.5 Å². The molecule has 136 valence electrons. The fraction of sp³-hybridized carbons (Fsp3) is 0.562. The molecule has 1 fully saturated rings. The number of rotatable bonds is 5. The topological polar surface area (TPSA) is 66.3 Å². The van der Waals surface area contributed by atoms with Crippen LogP contribution in [0.3, 0.4) is 0 Å². The van der Waals surface area contributed by atoms with Crippen LogP contribution in [-0.4, -0.2) is 55.9 Å². The highest BCUT2D eigenvalue weighted by Gasteiger charge is 2.22. The zero-order valence-corrected chi connectivity index (χ0v) is 18.1. The number of aliphatic imine (C=N–C) groups is 1. The van der Waals surface area contributed by atoms with Gasteiger partial charge in [0.2, 0.25) is 0 Å². The molecule has 1 saturated heterocycles. The van der Waals surface area contributed by atoms with Crippen LogP contribution in [0.15, 0.2) is 21.6 Å². The van der Waals surface area contributed by atoms with Crippen LogP contribution in [0.1, 0.15) is 18.9 Å². The molecule has 0 amide bonds. The maximum atomic E-state index is 9.71. The van der Waals surface area contributed by atoms with E-state index in [2.05, 4.69) is 31.1 Å². The van der Waals surface area contributed by atoms with Gasteiger partial charge >= 0.3 is 0 Å². The summed E-state index contributed by atoms with van der Waals surface area (Å²) in [6.45, 7) is 4.78. The van der Waals surface area contributed by atoms with Crippen molar-refractivity contribution >= 4 is 45.9 Å². The quantitative estimate of drug-likeness (QED) is 0.360. The van der Waals surface area contributed by atoms with Crippen LogP contribution in [0.4, 0.5) is 0 Å². The minimum Gasteiger partial charge on any atom is -0.493 e. The average molecular weight is 514 g/mol. The maximum absolute atomic E-state index is 9.71. The van der Waals surface area contributed by atoms with Gasteiger partial charge in [-0.3, -0.25) is 0 Å². The number of benzene rings is 1. The van der Waals surface area contributed by atoms with Gasteiger partial charge in [-0.25, -0.2) is 4.99 Å². The van der Waals surface area contributed by atoms with Crippen LogP contribution >= 0.6 is 39.9 Å². The third kappa shape index (κ3) is 5.38. The molecule has 2 N–H and O–H groups in total. The fourth-order valence-electron chi connectivity index (χ4n) is 2.54. The Kier molecular flexibility index (Phi) is 9.14. The molecule has 2 rings (SSSR count). The van der Waals surface area contributed by atoms with Crippen LogP contribution in [-0.2, 0) is 6.54 Å². The Morgan fingerprint density at radius 3 is 2.58 bits per heavy atom. The fourth-order valence-corrected chi connectivity index (χ4v) is 2.99. The molecule has 1 aliphatic heterocycles. The number of methoxy groups -OCH3 is 2. The molecular formula is C16H25BrIN3O3. The number of β-amino-alcohol motifs (C(OH)–C–C–N with tert-alkyl or cyclic N) is 1. The van der Waals surface area contributed by atoms with Crippen LogP contribution < -0.4 is 14.8 Å². The number of hydrogen-bond donors (Lipinski definition) is 2. The average Bonchev–Trinajstić information content (AvgIpc) is 2.98. The molecule has 6 nitrogen and oxygen atoms in total. The van der Waals surface area contributed by atoms with Crippen molar-refractivity contribution in [3.63, 3.8) is 0 Å². The first kappa shape index (κ1) is 21.3. The van der Waals surface area contributed by atoms with E-state index in [-0.39, 0.29) is 30.1 Å². The molecule has 8 heteroatoms. The van der Waals surface area contributed by atoms with E-state index in [1.165, 1.54) is 0 Å². The van der Waals surface area contributed by atoms with E-state index in [0.717, 1.165) is 35.5 Å². The van der Waals surface area contributed by atoms with Crippen LogP contribution in [0, 0.1) is 0 Å². The molecule has 0 aliphatic carbocycles. The van der Waals surface area contributed by atoms with E-state index in [1.54, 1.807) is 14.2 Å². The zero-order valence-electron chi connectivity index (χ0n) is 14.2. The maximum Gasteiger partial charge on any atom is 0.194 e. The van der Waals surface area contributed by atoms with Crippen molar-refractivity contribution in [3.05, 3.63) is 22.2 Å². The first-order valence-corrected chi connectivity index (χ1v) is 8.50. The van der Waals surface area contributed by atoms with Gasteiger partial charge in [0.1, 0.15) is 0 Å². The standard InChI is InChI=1S/C16H24BrN3O3.HI/c1-4-18-16(20-6-5-12(21)10-20)19-9-11-7-14(22-2)15(23-3)8-13(11)17;/h7-8,12,21H,4-6,9-10H2,1-3H3,(H,18,19);1H/t12-;/m1./s1. The summed E-state index contributed by atoms with van der Waals surface area (Å²) in [5, 5.41) is 13.0. The number of hydrogen-bond acceptors (Lipinski definition) is 4. The molecule has 1 atom stereocenters. The monoisotopic (exact) mass is 513 g/mol. The largest absolute Gasteiger partial charge is 0.493 e. The van der Waals surface area contributed by atoms with E-state index in [9.17, 15) is 5.11 Å². The number of likely N-dealkylation sites (tertiary alicyclic amines) is 1. The summed E-state index contributed by atoms with van der Waals surface area (Å²) < 4.78 is 11.6. The SMILES string of the molecule is CCNC(=NCc1cc(OC)c(OC)cc1Br)N1CC[C@@H](O)C1.I. The smallest absolute Gasteiger partial charge is 0.194 e. The summed E-state index contributed by atoms with van der Waals surface area (Å²) in [5.74, 6) is 2.19. The minimum absolute atomic E-state index is 0. The van der Waals surface area contributed by atoms with Gasteiger partial charge < -0.3 is 24.8 Å². The molecule has 0 saturated carbocycles. The van der Waals surface area contributed by atoms with Gasteiger partial charge in [-0.15, -0.1) is 24.0 Å². The van der Waals surface area contributed by atoms with E-state index < -0.39 is 0 Å². The Balaban J connectivity index is 0.00000288. The van der Waals surface area contributed by atoms with Crippen LogP contribution in [0.2, 0.25) is 0 Å². The van der Waals surface area contributed by atoms with Crippen molar-refractivity contribution in [2.24, 2.45) is 4.99 Å². The summed E-state index contributed by atoms with van der Waals surface area (Å²) in [5.41, 5.74) is 1.01. The number of guanidine groups is 1. The Morgan fingerprint density at radius 1 is 1.38 bits per heavy atom. The highest BCUT2D eigenvalue weighted by Crippen LogP contribution is 2.33. The molecule has 1 aromatic carbocycles. The van der Waals surface area contributed by atoms with Gasteiger partial charge in [-0.1, -0.05) is 15.9 Å². The van der Waals surface area contributed by atoms with Gasteiger partial charge in [-0.2, -0.15) is 0 Å². The summed E-state index contributed by atoms with van der Waals surface area (Å²) in [6.07, 6.45) is 0.511. The molecule has 0 spiro atoms. The normalized spacial score (nSPS) is 17.5. The van der Waals surface area contributed by atoms with Gasteiger partial charge in [0, 0.05) is 24.1 Å². The lowest BCUT2D eigenvalue weighted by molar-refractivity contribution is 0.188. The minimum atomic E-state index is -0.272. The highest BCUT2D eigenvalue weighted by molar-refractivity contribution is 14.0. The van der Waals surface area contributed by atoms with E-state index >= 15 is 0 Å². The Bertz CT molecular complexity index is 572. The molecule has 0 aromatic heterocycles. The predicted molar refractivity (Wildman–Crippen MR) is 110 cm³/mol. The molecule has 0 radical (unpaired) electrons. The number of halogens is 2. The Labute approximate surface area is 168 Å². The second-order valence-corrected chi connectivity index (χ2v) is 6.21. The van der Waals surface area contributed by atoms with E-state index in [4.69, 9.17) is 9.47 Å². The second-order valence-electron chi connectivity index (χ2n) is 5.36. The first-order chi connectivity index (χ1) is 11.1. The lowest BCUT2D eigenvalue weighted by Gasteiger charge is -2.21. The summed E-state index contributed by atoms with van der Waals surface area (Å²) in [6, 6.07) is 3.81. The van der Waals surface area contributed by atoms with Gasteiger partial charge in [0.25, 0.3) is 0 Å². The molecule has 24 heavy (non-hydrogen) atoms. The number of aliphatic hydroxyl groups excluding tert-OH is 1. The molecule has 0 bridgehead atoms. The van der Waals surface area contributed by atoms with Crippen molar-refractivity contribution in [1.29, 1.82) is 0 Å². The van der Waals surface area contributed by atoms with Crippen LogP contribution in [0.5, 0.6) is 11.5 Å². The van der Waals surface area contributed by atoms with E-state index in [1.807, 2.05) is 19.1 Å². The number of ether oxygens (including phenoxy) is 2. The number of aliphatic hydroxyl groups is 1. The van der Waals surface area contributed by atoms with Crippen LogP contribution in [0.25, 0.3) is 0 Å². The van der Waals surface area contributed by atoms with Crippen molar-refractivity contribution in [1.82, 2.24) is 10.2 Å². The third-order valence-electron chi connectivity index (χ3n) is 3.75. The van der Waals surface area contributed by atoms with Gasteiger partial charge in [-0.05, 0) is 31.0 Å². The summed E-state index contributed by atoms with van der Waals surface area (Å²) >= 11 is 3.55. The van der Waals surface area contributed by atoms with Gasteiger partial charge in [0.05, 0.1) is 26.9 Å². The molecule has 0 unspecified atom stereocenters. The number of nitrogens with one attached hydrogen (secondary N) is 1. The highest BCUT2D eigenvalue weighted by atomic mass is 127.